The lowest BCUT2D eigenvalue weighted by molar-refractivity contribution is -0.146. The summed E-state index contributed by atoms with van der Waals surface area (Å²) in [5, 5.41) is 11.4. The van der Waals surface area contributed by atoms with Crippen LogP contribution in [0.3, 0.4) is 0 Å². The topological polar surface area (TPSA) is 69.6 Å². The quantitative estimate of drug-likeness (QED) is 0.718. The van der Waals surface area contributed by atoms with E-state index in [4.69, 9.17) is 5.11 Å². The predicted molar refractivity (Wildman–Crippen MR) is 81.7 cm³/mol. The minimum Gasteiger partial charge on any atom is -0.481 e. The molecule has 1 rings (SSSR count). The predicted octanol–water partition coefficient (Wildman–Crippen LogP) is 1.87. The van der Waals surface area contributed by atoms with Gasteiger partial charge in [-0.1, -0.05) is 38.1 Å². The van der Waals surface area contributed by atoms with E-state index in [1.807, 2.05) is 24.3 Å². The lowest BCUT2D eigenvalue weighted by atomic mass is 10.1. The molecule has 0 spiro atoms. The Morgan fingerprint density at radius 2 is 1.67 bits per heavy atom. The number of nitrogens with zero attached hydrogens (tertiary/aromatic N) is 1. The van der Waals surface area contributed by atoms with Crippen LogP contribution in [-0.2, 0) is 22.7 Å². The summed E-state index contributed by atoms with van der Waals surface area (Å²) in [6.45, 7) is 8.94. The monoisotopic (exact) mass is 292 g/mol. The molecule has 0 aliphatic rings. The third-order valence-corrected chi connectivity index (χ3v) is 3.55. The molecule has 1 atom stereocenters. The Balaban J connectivity index is 2.51. The van der Waals surface area contributed by atoms with Gasteiger partial charge < -0.3 is 10.4 Å². The fourth-order valence-electron chi connectivity index (χ4n) is 1.92. The van der Waals surface area contributed by atoms with E-state index >= 15 is 0 Å². The van der Waals surface area contributed by atoms with E-state index in [-0.39, 0.29) is 0 Å². The Kier molecular flexibility index (Phi) is 6.88. The molecular weight excluding hydrogens is 268 g/mol. The number of carboxylic acid groups (broad SMARTS) is 1. The lowest BCUT2D eigenvalue weighted by Crippen LogP contribution is -2.33. The van der Waals surface area contributed by atoms with Crippen molar-refractivity contribution >= 4 is 11.9 Å². The Morgan fingerprint density at radius 3 is 2.14 bits per heavy atom. The molecule has 0 saturated carbocycles. The fraction of sp³-hybridized carbons (Fsp3) is 0.500. The molecule has 0 heterocycles. The van der Waals surface area contributed by atoms with Crippen molar-refractivity contribution in [2.45, 2.75) is 33.9 Å². The van der Waals surface area contributed by atoms with Crippen LogP contribution >= 0.6 is 0 Å². The first-order chi connectivity index (χ1) is 9.97. The van der Waals surface area contributed by atoms with Crippen LogP contribution < -0.4 is 5.32 Å². The zero-order chi connectivity index (χ0) is 15.8. The first-order valence-electron chi connectivity index (χ1n) is 7.28. The molecule has 0 bridgehead atoms. The highest BCUT2D eigenvalue weighted by Gasteiger charge is 2.19. The molecule has 0 aromatic heterocycles. The minimum atomic E-state index is -1.11. The van der Waals surface area contributed by atoms with Gasteiger partial charge in [0.25, 0.3) is 0 Å². The summed E-state index contributed by atoms with van der Waals surface area (Å²) in [4.78, 5) is 24.6. The van der Waals surface area contributed by atoms with Gasteiger partial charge in [0, 0.05) is 13.1 Å². The highest BCUT2D eigenvalue weighted by Crippen LogP contribution is 2.08. The Labute approximate surface area is 126 Å². The number of hydrogen-bond acceptors (Lipinski definition) is 3. The molecule has 0 aliphatic heterocycles. The zero-order valence-corrected chi connectivity index (χ0v) is 12.9. The van der Waals surface area contributed by atoms with Crippen LogP contribution in [0.2, 0.25) is 0 Å². The van der Waals surface area contributed by atoms with Gasteiger partial charge in [-0.15, -0.1) is 0 Å². The van der Waals surface area contributed by atoms with Gasteiger partial charge in [-0.05, 0) is 31.1 Å². The van der Waals surface area contributed by atoms with Crippen LogP contribution in [0.5, 0.6) is 0 Å². The number of rotatable bonds is 8. The summed E-state index contributed by atoms with van der Waals surface area (Å²) in [7, 11) is 0. The Morgan fingerprint density at radius 1 is 1.14 bits per heavy atom. The average molecular weight is 292 g/mol. The van der Waals surface area contributed by atoms with Crippen LogP contribution in [0.4, 0.5) is 0 Å². The molecule has 1 amide bonds. The molecule has 116 valence electrons. The van der Waals surface area contributed by atoms with Gasteiger partial charge >= 0.3 is 5.97 Å². The second-order valence-corrected chi connectivity index (χ2v) is 5.06. The van der Waals surface area contributed by atoms with E-state index in [0.717, 1.165) is 25.2 Å². The van der Waals surface area contributed by atoms with Gasteiger partial charge in [0.2, 0.25) is 5.91 Å². The van der Waals surface area contributed by atoms with Gasteiger partial charge in [-0.3, -0.25) is 14.5 Å². The molecule has 21 heavy (non-hydrogen) atoms. The van der Waals surface area contributed by atoms with Crippen LogP contribution in [0.1, 0.15) is 31.9 Å². The molecule has 5 nitrogen and oxygen atoms in total. The van der Waals surface area contributed by atoms with Crippen molar-refractivity contribution in [1.29, 1.82) is 0 Å². The number of carbonyl (C=O) groups is 2. The van der Waals surface area contributed by atoms with Gasteiger partial charge in [0.05, 0.1) is 0 Å². The first-order valence-corrected chi connectivity index (χ1v) is 7.28. The summed E-state index contributed by atoms with van der Waals surface area (Å²) in [6, 6.07) is 8.01. The van der Waals surface area contributed by atoms with Crippen LogP contribution in [0, 0.1) is 5.92 Å². The molecule has 2 N–H and O–H groups in total. The molecule has 1 aromatic carbocycles. The third-order valence-electron chi connectivity index (χ3n) is 3.55. The summed E-state index contributed by atoms with van der Waals surface area (Å²) < 4.78 is 0. The van der Waals surface area contributed by atoms with Crippen molar-refractivity contribution in [2.24, 2.45) is 5.92 Å². The molecule has 1 unspecified atom stereocenters. The zero-order valence-electron chi connectivity index (χ0n) is 12.9. The number of aliphatic carboxylic acids is 1. The third kappa shape index (κ3) is 5.55. The SMILES string of the molecule is CCN(CC)Cc1ccc(CNC(=O)C(C)C(=O)O)cc1. The standard InChI is InChI=1S/C16H24N2O3/c1-4-18(5-2)11-14-8-6-13(7-9-14)10-17-15(19)12(3)16(20)21/h6-9,12H,4-5,10-11H2,1-3H3,(H,17,19)(H,20,21). The van der Waals surface area contributed by atoms with E-state index in [9.17, 15) is 9.59 Å². The van der Waals surface area contributed by atoms with Crippen molar-refractivity contribution < 1.29 is 14.7 Å². The van der Waals surface area contributed by atoms with E-state index < -0.39 is 17.8 Å². The largest absolute Gasteiger partial charge is 0.481 e. The Bertz CT molecular complexity index is 467. The van der Waals surface area contributed by atoms with Crippen molar-refractivity contribution in [3.05, 3.63) is 35.4 Å². The van der Waals surface area contributed by atoms with Gasteiger partial charge in [-0.25, -0.2) is 0 Å². The maximum atomic E-state index is 11.5. The fourth-order valence-corrected chi connectivity index (χ4v) is 1.92. The number of amides is 1. The smallest absolute Gasteiger partial charge is 0.315 e. The van der Waals surface area contributed by atoms with Crippen LogP contribution in [-0.4, -0.2) is 35.0 Å². The first kappa shape index (κ1) is 17.2. The lowest BCUT2D eigenvalue weighted by Gasteiger charge is -2.18. The maximum Gasteiger partial charge on any atom is 0.315 e. The average Bonchev–Trinajstić information content (AvgIpc) is 2.50. The highest BCUT2D eigenvalue weighted by atomic mass is 16.4. The summed E-state index contributed by atoms with van der Waals surface area (Å²) in [6.07, 6.45) is 0. The maximum absolute atomic E-state index is 11.5. The molecule has 0 radical (unpaired) electrons. The van der Waals surface area contributed by atoms with Gasteiger partial charge in [0.1, 0.15) is 5.92 Å². The van der Waals surface area contributed by atoms with Crippen molar-refractivity contribution in [2.75, 3.05) is 13.1 Å². The Hall–Kier alpha value is -1.88. The molecular formula is C16H24N2O3. The highest BCUT2D eigenvalue weighted by molar-refractivity contribution is 5.96. The summed E-state index contributed by atoms with van der Waals surface area (Å²) in [5.74, 6) is -2.59. The molecule has 0 aliphatic carbocycles. The number of nitrogens with one attached hydrogen (secondary N) is 1. The molecule has 1 aromatic rings. The second-order valence-electron chi connectivity index (χ2n) is 5.06. The van der Waals surface area contributed by atoms with Crippen LogP contribution in [0.15, 0.2) is 24.3 Å². The second kappa shape index (κ2) is 8.42. The van der Waals surface area contributed by atoms with E-state index in [2.05, 4.69) is 24.1 Å². The number of hydrogen-bond donors (Lipinski definition) is 2. The summed E-state index contributed by atoms with van der Waals surface area (Å²) >= 11 is 0. The van der Waals surface area contributed by atoms with E-state index in [1.165, 1.54) is 12.5 Å². The summed E-state index contributed by atoms with van der Waals surface area (Å²) in [5.41, 5.74) is 2.19. The van der Waals surface area contributed by atoms with Gasteiger partial charge in [0.15, 0.2) is 0 Å². The van der Waals surface area contributed by atoms with Crippen molar-refractivity contribution in [3.63, 3.8) is 0 Å². The normalized spacial score (nSPS) is 12.2. The number of benzene rings is 1. The van der Waals surface area contributed by atoms with Crippen LogP contribution in [0.25, 0.3) is 0 Å². The van der Waals surface area contributed by atoms with Crippen molar-refractivity contribution in [1.82, 2.24) is 10.2 Å². The minimum absolute atomic E-state index is 0.349. The molecule has 5 heteroatoms. The molecule has 0 fully saturated rings. The van der Waals surface area contributed by atoms with Crippen molar-refractivity contribution in [3.8, 4) is 0 Å². The van der Waals surface area contributed by atoms with E-state index in [1.54, 1.807) is 0 Å². The number of carboxylic acids is 1. The molecule has 0 saturated heterocycles. The van der Waals surface area contributed by atoms with E-state index in [0.29, 0.717) is 6.54 Å². The van der Waals surface area contributed by atoms with Gasteiger partial charge in [-0.2, -0.15) is 0 Å². The number of carbonyl (C=O) groups excluding carboxylic acids is 1.